The maximum Gasteiger partial charge on any atom is 0.144 e. The van der Waals surface area contributed by atoms with E-state index in [1.807, 2.05) is 18.2 Å². The Hall–Kier alpha value is -1.15. The molecule has 0 aromatic heterocycles. The zero-order valence-electron chi connectivity index (χ0n) is 6.16. The molecule has 0 spiro atoms. The first kappa shape index (κ1) is 7.95. The fourth-order valence-electron chi connectivity index (χ4n) is 0.816. The maximum atomic E-state index is 10.4. The van der Waals surface area contributed by atoms with E-state index in [4.69, 9.17) is 5.73 Å². The SMILES string of the molecule is [CH2]C(N)(C=O)c1ccccc1. The Balaban J connectivity index is 3.02. The number of rotatable bonds is 2. The minimum Gasteiger partial charge on any atom is -0.316 e. The van der Waals surface area contributed by atoms with Crippen molar-refractivity contribution in [2.75, 3.05) is 0 Å². The van der Waals surface area contributed by atoms with Gasteiger partial charge in [0.05, 0.1) is 5.54 Å². The van der Waals surface area contributed by atoms with Crippen LogP contribution in [0.2, 0.25) is 0 Å². The van der Waals surface area contributed by atoms with Gasteiger partial charge in [-0.15, -0.1) is 0 Å². The van der Waals surface area contributed by atoms with Crippen molar-refractivity contribution in [2.24, 2.45) is 5.73 Å². The zero-order chi connectivity index (χ0) is 8.32. The summed E-state index contributed by atoms with van der Waals surface area (Å²) in [6.07, 6.45) is 0.641. The lowest BCUT2D eigenvalue weighted by Gasteiger charge is -2.16. The van der Waals surface area contributed by atoms with Gasteiger partial charge in [-0.25, -0.2) is 0 Å². The number of carbonyl (C=O) groups excluding carboxylic acids is 1. The average molecular weight is 148 g/mol. The Kier molecular flexibility index (Phi) is 2.06. The van der Waals surface area contributed by atoms with Crippen LogP contribution in [0, 0.1) is 6.92 Å². The van der Waals surface area contributed by atoms with Crippen LogP contribution in [0.1, 0.15) is 5.56 Å². The molecule has 1 aromatic carbocycles. The second-order valence-corrected chi connectivity index (χ2v) is 2.52. The van der Waals surface area contributed by atoms with Crippen LogP contribution in [0.5, 0.6) is 0 Å². The summed E-state index contributed by atoms with van der Waals surface area (Å²) in [5, 5.41) is 0. The number of carbonyl (C=O) groups is 1. The molecule has 57 valence electrons. The summed E-state index contributed by atoms with van der Waals surface area (Å²) in [6, 6.07) is 9.07. The topological polar surface area (TPSA) is 43.1 Å². The van der Waals surface area contributed by atoms with Crippen LogP contribution in [-0.2, 0) is 10.3 Å². The summed E-state index contributed by atoms with van der Waals surface area (Å²) in [6.45, 7) is 3.57. The predicted molar refractivity (Wildman–Crippen MR) is 43.7 cm³/mol. The molecule has 2 heteroatoms. The third-order valence-corrected chi connectivity index (χ3v) is 1.52. The molecule has 0 heterocycles. The third kappa shape index (κ3) is 1.65. The highest BCUT2D eigenvalue weighted by Crippen LogP contribution is 2.12. The van der Waals surface area contributed by atoms with Crippen LogP contribution in [0.3, 0.4) is 0 Å². The number of hydrogen-bond acceptors (Lipinski definition) is 2. The molecule has 11 heavy (non-hydrogen) atoms. The molecule has 2 nitrogen and oxygen atoms in total. The van der Waals surface area contributed by atoms with Gasteiger partial charge in [0, 0.05) is 0 Å². The van der Waals surface area contributed by atoms with E-state index >= 15 is 0 Å². The van der Waals surface area contributed by atoms with Crippen LogP contribution in [0.4, 0.5) is 0 Å². The van der Waals surface area contributed by atoms with Crippen molar-refractivity contribution in [3.63, 3.8) is 0 Å². The fraction of sp³-hybridized carbons (Fsp3) is 0.111. The minimum atomic E-state index is -1.10. The molecule has 1 rings (SSSR count). The molecule has 1 aromatic rings. The largest absolute Gasteiger partial charge is 0.316 e. The van der Waals surface area contributed by atoms with Crippen LogP contribution in [0.25, 0.3) is 0 Å². The second-order valence-electron chi connectivity index (χ2n) is 2.52. The van der Waals surface area contributed by atoms with Crippen LogP contribution in [-0.4, -0.2) is 6.29 Å². The van der Waals surface area contributed by atoms with E-state index in [0.29, 0.717) is 6.29 Å². The maximum absolute atomic E-state index is 10.4. The summed E-state index contributed by atoms with van der Waals surface area (Å²) in [5.41, 5.74) is 5.19. The minimum absolute atomic E-state index is 0.641. The summed E-state index contributed by atoms with van der Waals surface area (Å²) in [5.74, 6) is 0. The molecular formula is C9H10NO. The Labute approximate surface area is 66.0 Å². The van der Waals surface area contributed by atoms with E-state index in [2.05, 4.69) is 6.92 Å². The average Bonchev–Trinajstić information content (AvgIpc) is 2.06. The van der Waals surface area contributed by atoms with Crippen LogP contribution in [0.15, 0.2) is 30.3 Å². The zero-order valence-corrected chi connectivity index (χ0v) is 6.16. The molecule has 1 unspecified atom stereocenters. The lowest BCUT2D eigenvalue weighted by atomic mass is 9.95. The lowest BCUT2D eigenvalue weighted by Crippen LogP contribution is -2.34. The van der Waals surface area contributed by atoms with Crippen LogP contribution < -0.4 is 5.73 Å². The van der Waals surface area contributed by atoms with Crippen molar-refractivity contribution in [2.45, 2.75) is 5.54 Å². The van der Waals surface area contributed by atoms with Crippen molar-refractivity contribution in [3.8, 4) is 0 Å². The molecule has 0 aliphatic carbocycles. The molecule has 1 radical (unpaired) electrons. The van der Waals surface area contributed by atoms with Gasteiger partial charge in [-0.2, -0.15) is 0 Å². The van der Waals surface area contributed by atoms with E-state index < -0.39 is 5.54 Å². The smallest absolute Gasteiger partial charge is 0.144 e. The first-order valence-corrected chi connectivity index (χ1v) is 3.33. The Morgan fingerprint density at radius 1 is 1.36 bits per heavy atom. The van der Waals surface area contributed by atoms with E-state index in [-0.39, 0.29) is 0 Å². The van der Waals surface area contributed by atoms with Gasteiger partial charge >= 0.3 is 0 Å². The Morgan fingerprint density at radius 3 is 2.36 bits per heavy atom. The molecule has 0 fully saturated rings. The van der Waals surface area contributed by atoms with Gasteiger partial charge in [-0.3, -0.25) is 0 Å². The van der Waals surface area contributed by atoms with Gasteiger partial charge in [-0.05, 0) is 12.5 Å². The molecule has 0 amide bonds. The number of nitrogens with two attached hydrogens (primary N) is 1. The molecule has 0 bridgehead atoms. The summed E-state index contributed by atoms with van der Waals surface area (Å²) < 4.78 is 0. The molecule has 0 saturated heterocycles. The molecule has 0 aliphatic rings. The summed E-state index contributed by atoms with van der Waals surface area (Å²) >= 11 is 0. The monoisotopic (exact) mass is 148 g/mol. The molecule has 2 N–H and O–H groups in total. The van der Waals surface area contributed by atoms with Gasteiger partial charge < -0.3 is 10.5 Å². The first-order chi connectivity index (χ1) is 5.17. The van der Waals surface area contributed by atoms with Gasteiger partial charge in [0.2, 0.25) is 0 Å². The van der Waals surface area contributed by atoms with Crippen molar-refractivity contribution in [1.82, 2.24) is 0 Å². The fourth-order valence-corrected chi connectivity index (χ4v) is 0.816. The second kappa shape index (κ2) is 2.84. The molecule has 0 aliphatic heterocycles. The van der Waals surface area contributed by atoms with Crippen molar-refractivity contribution in [3.05, 3.63) is 42.8 Å². The molecule has 1 atom stereocenters. The normalized spacial score (nSPS) is 15.5. The first-order valence-electron chi connectivity index (χ1n) is 3.33. The van der Waals surface area contributed by atoms with Crippen molar-refractivity contribution in [1.29, 1.82) is 0 Å². The number of hydrogen-bond donors (Lipinski definition) is 1. The van der Waals surface area contributed by atoms with E-state index in [9.17, 15) is 4.79 Å². The quantitative estimate of drug-likeness (QED) is 0.632. The Morgan fingerprint density at radius 2 is 1.91 bits per heavy atom. The van der Waals surface area contributed by atoms with E-state index in [0.717, 1.165) is 5.56 Å². The van der Waals surface area contributed by atoms with Crippen LogP contribution >= 0.6 is 0 Å². The highest BCUT2D eigenvalue weighted by atomic mass is 16.1. The summed E-state index contributed by atoms with van der Waals surface area (Å²) in [7, 11) is 0. The highest BCUT2D eigenvalue weighted by Gasteiger charge is 2.18. The van der Waals surface area contributed by atoms with Gasteiger partial charge in [0.15, 0.2) is 0 Å². The van der Waals surface area contributed by atoms with E-state index in [1.54, 1.807) is 12.1 Å². The van der Waals surface area contributed by atoms with Gasteiger partial charge in [0.25, 0.3) is 0 Å². The summed E-state index contributed by atoms with van der Waals surface area (Å²) in [4.78, 5) is 10.4. The highest BCUT2D eigenvalue weighted by molar-refractivity contribution is 5.68. The van der Waals surface area contributed by atoms with Crippen molar-refractivity contribution < 1.29 is 4.79 Å². The third-order valence-electron chi connectivity index (χ3n) is 1.52. The van der Waals surface area contributed by atoms with Gasteiger partial charge in [-0.1, -0.05) is 30.3 Å². The van der Waals surface area contributed by atoms with E-state index in [1.165, 1.54) is 0 Å². The lowest BCUT2D eigenvalue weighted by molar-refractivity contribution is -0.111. The molecule has 0 saturated carbocycles. The number of benzene rings is 1. The van der Waals surface area contributed by atoms with Gasteiger partial charge in [0.1, 0.15) is 6.29 Å². The van der Waals surface area contributed by atoms with Crippen molar-refractivity contribution >= 4 is 6.29 Å². The molecular weight excluding hydrogens is 138 g/mol. The number of aldehydes is 1. The Bertz CT molecular complexity index is 241. The predicted octanol–water partition coefficient (Wildman–Crippen LogP) is 0.874. The standard InChI is InChI=1S/C9H10NO/c1-9(10,7-11)8-5-3-2-4-6-8/h2-7H,1,10H2.